The number of fused-ring (bicyclic) bond motifs is 2. The largest absolute Gasteiger partial charge is 0.454 e. The van der Waals surface area contributed by atoms with E-state index in [0.717, 1.165) is 21.9 Å². The molecule has 0 radical (unpaired) electrons. The number of hydrogen-bond acceptors (Lipinski definition) is 7. The second kappa shape index (κ2) is 6.59. The van der Waals surface area contributed by atoms with Crippen molar-refractivity contribution < 1.29 is 14.0 Å². The van der Waals surface area contributed by atoms with Gasteiger partial charge in [0.05, 0.1) is 16.3 Å². The molecule has 7 heteroatoms. The van der Waals surface area contributed by atoms with Crippen molar-refractivity contribution in [1.29, 1.82) is 0 Å². The van der Waals surface area contributed by atoms with E-state index in [9.17, 15) is 0 Å². The van der Waals surface area contributed by atoms with Crippen molar-refractivity contribution in [1.82, 2.24) is 15.1 Å². The van der Waals surface area contributed by atoms with Crippen LogP contribution in [0.5, 0.6) is 11.5 Å². The molecule has 6 nitrogen and oxygen atoms in total. The minimum absolute atomic E-state index is 0.241. The molecule has 0 aliphatic carbocycles. The molecule has 0 fully saturated rings. The van der Waals surface area contributed by atoms with E-state index in [-0.39, 0.29) is 6.79 Å². The number of rotatable bonds is 4. The average molecular weight is 377 g/mol. The molecule has 1 aliphatic heterocycles. The molecule has 134 valence electrons. The van der Waals surface area contributed by atoms with Crippen molar-refractivity contribution in [2.75, 3.05) is 6.79 Å². The molecule has 2 aromatic heterocycles. The Morgan fingerprint density at radius 1 is 1.00 bits per heavy atom. The maximum absolute atomic E-state index is 5.40. The lowest BCUT2D eigenvalue weighted by molar-refractivity contribution is 0.174. The lowest BCUT2D eigenvalue weighted by Crippen LogP contribution is -1.92. The highest BCUT2D eigenvalue weighted by Gasteiger charge is 2.16. The fourth-order valence-electron chi connectivity index (χ4n) is 2.99. The molecule has 0 saturated carbocycles. The van der Waals surface area contributed by atoms with E-state index < -0.39 is 0 Å². The Labute approximate surface area is 159 Å². The first-order valence-electron chi connectivity index (χ1n) is 8.48. The van der Waals surface area contributed by atoms with E-state index in [2.05, 4.69) is 29.2 Å². The lowest BCUT2D eigenvalue weighted by Gasteiger charge is -2.04. The molecule has 1 aliphatic rings. The summed E-state index contributed by atoms with van der Waals surface area (Å²) in [7, 11) is 0. The fourth-order valence-corrected chi connectivity index (χ4v) is 3.81. The van der Waals surface area contributed by atoms with Crippen molar-refractivity contribution in [3.63, 3.8) is 0 Å². The summed E-state index contributed by atoms with van der Waals surface area (Å²) in [5.41, 5.74) is 3.03. The van der Waals surface area contributed by atoms with E-state index in [1.807, 2.05) is 36.4 Å². The summed E-state index contributed by atoms with van der Waals surface area (Å²) in [4.78, 5) is 9.18. The Bertz CT molecular complexity index is 1140. The van der Waals surface area contributed by atoms with Crippen LogP contribution in [0.2, 0.25) is 0 Å². The summed E-state index contributed by atoms with van der Waals surface area (Å²) in [6, 6.07) is 15.8. The smallest absolute Gasteiger partial charge is 0.237 e. The van der Waals surface area contributed by atoms with Crippen LogP contribution >= 0.6 is 11.8 Å². The van der Waals surface area contributed by atoms with E-state index in [1.165, 1.54) is 10.9 Å². The van der Waals surface area contributed by atoms with Gasteiger partial charge in [-0.1, -0.05) is 35.1 Å². The van der Waals surface area contributed by atoms with Crippen LogP contribution in [-0.2, 0) is 5.75 Å². The van der Waals surface area contributed by atoms with Crippen LogP contribution in [0.4, 0.5) is 0 Å². The molecule has 0 bridgehead atoms. The van der Waals surface area contributed by atoms with Crippen LogP contribution in [-0.4, -0.2) is 21.9 Å². The Hall–Kier alpha value is -3.06. The van der Waals surface area contributed by atoms with Gasteiger partial charge in [-0.15, -0.1) is 0 Å². The zero-order valence-electron chi connectivity index (χ0n) is 14.5. The van der Waals surface area contributed by atoms with E-state index in [1.54, 1.807) is 11.8 Å². The zero-order chi connectivity index (χ0) is 18.2. The first kappa shape index (κ1) is 16.1. The van der Waals surface area contributed by atoms with Gasteiger partial charge in [-0.2, -0.15) is 4.98 Å². The molecule has 4 aromatic rings. The van der Waals surface area contributed by atoms with Gasteiger partial charge in [0.15, 0.2) is 11.5 Å². The molecule has 0 atom stereocenters. The van der Waals surface area contributed by atoms with Crippen LogP contribution in [0, 0.1) is 6.92 Å². The number of nitrogens with zero attached hydrogens (tertiary/aromatic N) is 3. The Kier molecular flexibility index (Phi) is 3.94. The average Bonchev–Trinajstić information content (AvgIpc) is 3.35. The second-order valence-electron chi connectivity index (χ2n) is 6.16. The molecule has 0 saturated heterocycles. The van der Waals surface area contributed by atoms with Gasteiger partial charge in [-0.3, -0.25) is 0 Å². The number of pyridine rings is 1. The van der Waals surface area contributed by atoms with Crippen molar-refractivity contribution in [3.8, 4) is 22.9 Å². The predicted molar refractivity (Wildman–Crippen MR) is 102 cm³/mol. The summed E-state index contributed by atoms with van der Waals surface area (Å²) in [6.45, 7) is 2.34. The third-order valence-electron chi connectivity index (χ3n) is 4.34. The summed E-state index contributed by atoms with van der Waals surface area (Å²) in [5.74, 6) is 3.08. The van der Waals surface area contributed by atoms with Crippen LogP contribution in [0.15, 0.2) is 58.1 Å². The first-order chi connectivity index (χ1) is 13.3. The number of para-hydroxylation sites is 1. The third kappa shape index (κ3) is 3.10. The molecular formula is C20H15N3O3S. The van der Waals surface area contributed by atoms with Gasteiger partial charge in [-0.25, -0.2) is 4.98 Å². The zero-order valence-corrected chi connectivity index (χ0v) is 15.3. The predicted octanol–water partition coefficient (Wildman–Crippen LogP) is 4.61. The first-order valence-corrected chi connectivity index (χ1v) is 9.47. The van der Waals surface area contributed by atoms with E-state index in [0.29, 0.717) is 23.2 Å². The molecule has 0 unspecified atom stereocenters. The maximum atomic E-state index is 5.40. The Morgan fingerprint density at radius 2 is 1.89 bits per heavy atom. The maximum Gasteiger partial charge on any atom is 0.237 e. The van der Waals surface area contributed by atoms with Crippen LogP contribution in [0.25, 0.3) is 22.3 Å². The van der Waals surface area contributed by atoms with Crippen LogP contribution < -0.4 is 9.47 Å². The molecule has 5 rings (SSSR count). The molecular weight excluding hydrogens is 362 g/mol. The molecule has 27 heavy (non-hydrogen) atoms. The van der Waals surface area contributed by atoms with Crippen molar-refractivity contribution >= 4 is 22.7 Å². The SMILES string of the molecule is Cc1cc(SCc2nc(-c3ccc4c(c3)OCO4)no2)nc2ccccc12. The second-order valence-corrected chi connectivity index (χ2v) is 7.16. The molecule has 3 heterocycles. The monoisotopic (exact) mass is 377 g/mol. The van der Waals surface area contributed by atoms with Crippen molar-refractivity contribution in [2.24, 2.45) is 0 Å². The molecule has 0 amide bonds. The van der Waals surface area contributed by atoms with E-state index in [4.69, 9.17) is 19.0 Å². The lowest BCUT2D eigenvalue weighted by atomic mass is 10.1. The highest BCUT2D eigenvalue weighted by atomic mass is 32.2. The van der Waals surface area contributed by atoms with Crippen LogP contribution in [0.3, 0.4) is 0 Å². The Balaban J connectivity index is 1.34. The van der Waals surface area contributed by atoms with Gasteiger partial charge in [0.25, 0.3) is 0 Å². The van der Waals surface area contributed by atoms with Gasteiger partial charge < -0.3 is 14.0 Å². The number of ether oxygens (including phenoxy) is 2. The fraction of sp³-hybridized carbons (Fsp3) is 0.150. The van der Waals surface area contributed by atoms with Crippen LogP contribution in [0.1, 0.15) is 11.5 Å². The topological polar surface area (TPSA) is 70.3 Å². The number of hydrogen-bond donors (Lipinski definition) is 0. The number of thioether (sulfide) groups is 1. The summed E-state index contributed by atoms with van der Waals surface area (Å²) in [6.07, 6.45) is 0. The van der Waals surface area contributed by atoms with Crippen molar-refractivity contribution in [3.05, 3.63) is 60.0 Å². The number of benzene rings is 2. The van der Waals surface area contributed by atoms with Gasteiger partial charge >= 0.3 is 0 Å². The minimum Gasteiger partial charge on any atom is -0.454 e. The van der Waals surface area contributed by atoms with Gasteiger partial charge in [0.1, 0.15) is 0 Å². The minimum atomic E-state index is 0.241. The van der Waals surface area contributed by atoms with Gasteiger partial charge in [0.2, 0.25) is 18.5 Å². The highest BCUT2D eigenvalue weighted by Crippen LogP contribution is 2.35. The third-order valence-corrected chi connectivity index (χ3v) is 5.24. The van der Waals surface area contributed by atoms with Crippen molar-refractivity contribution in [2.45, 2.75) is 17.7 Å². The highest BCUT2D eigenvalue weighted by molar-refractivity contribution is 7.98. The standard InChI is InChI=1S/C20H15N3O3S/c1-12-8-19(21-15-5-3-2-4-14(12)15)27-10-18-22-20(23-26-18)13-6-7-16-17(9-13)25-11-24-16/h2-9H,10-11H2,1H3. The van der Waals surface area contributed by atoms with Gasteiger partial charge in [-0.05, 0) is 42.8 Å². The molecule has 0 N–H and O–H groups in total. The number of aryl methyl sites for hydroxylation is 1. The normalized spacial score (nSPS) is 12.6. The van der Waals surface area contributed by atoms with E-state index >= 15 is 0 Å². The summed E-state index contributed by atoms with van der Waals surface area (Å²) in [5, 5.41) is 6.19. The Morgan fingerprint density at radius 3 is 2.85 bits per heavy atom. The van der Waals surface area contributed by atoms with Gasteiger partial charge in [0, 0.05) is 10.9 Å². The summed E-state index contributed by atoms with van der Waals surface area (Å²) >= 11 is 1.58. The summed E-state index contributed by atoms with van der Waals surface area (Å²) < 4.78 is 16.1. The quantitative estimate of drug-likeness (QED) is 0.481. The molecule has 2 aromatic carbocycles. The molecule has 0 spiro atoms. The number of aromatic nitrogens is 3.